The van der Waals surface area contributed by atoms with Gasteiger partial charge in [-0.15, -0.1) is 0 Å². The van der Waals surface area contributed by atoms with Gasteiger partial charge in [0.05, 0.1) is 11.1 Å². The van der Waals surface area contributed by atoms with Gasteiger partial charge in [-0.3, -0.25) is 4.79 Å². The topological polar surface area (TPSA) is 20.3 Å². The van der Waals surface area contributed by atoms with Gasteiger partial charge in [0, 0.05) is 12.6 Å². The predicted molar refractivity (Wildman–Crippen MR) is 65.8 cm³/mol. The largest absolute Gasteiger partial charge is 0.416 e. The molecule has 1 heterocycles. The lowest BCUT2D eigenvalue weighted by Crippen LogP contribution is -2.42. The van der Waals surface area contributed by atoms with Crippen molar-refractivity contribution in [1.82, 2.24) is 4.90 Å². The highest BCUT2D eigenvalue weighted by Crippen LogP contribution is 2.31. The fourth-order valence-electron chi connectivity index (χ4n) is 2.42. The van der Waals surface area contributed by atoms with Gasteiger partial charge in [0.1, 0.15) is 5.82 Å². The molecule has 0 radical (unpaired) electrons. The van der Waals surface area contributed by atoms with Crippen molar-refractivity contribution < 1.29 is 22.4 Å². The first-order valence-corrected chi connectivity index (χ1v) is 6.48. The van der Waals surface area contributed by atoms with Crippen molar-refractivity contribution in [2.75, 3.05) is 6.54 Å². The molecule has 0 spiro atoms. The molecule has 0 aliphatic carbocycles. The number of nitrogens with zero attached hydrogens (tertiary/aromatic N) is 1. The molecular weight excluding hydrogens is 274 g/mol. The summed E-state index contributed by atoms with van der Waals surface area (Å²) in [6, 6.07) is 1.86. The summed E-state index contributed by atoms with van der Waals surface area (Å²) in [6.45, 7) is 2.28. The first kappa shape index (κ1) is 14.8. The highest BCUT2D eigenvalue weighted by Gasteiger charge is 2.33. The number of hydrogen-bond acceptors (Lipinski definition) is 1. The Bertz CT molecular complexity index is 512. The van der Waals surface area contributed by atoms with Crippen LogP contribution >= 0.6 is 0 Å². The number of amides is 1. The van der Waals surface area contributed by atoms with Crippen LogP contribution in [0, 0.1) is 5.82 Å². The minimum absolute atomic E-state index is 0.0785. The molecule has 110 valence electrons. The third-order valence-corrected chi connectivity index (χ3v) is 3.59. The van der Waals surface area contributed by atoms with Crippen molar-refractivity contribution >= 4 is 5.91 Å². The van der Waals surface area contributed by atoms with Crippen LogP contribution in [-0.4, -0.2) is 23.4 Å². The lowest BCUT2D eigenvalue weighted by Gasteiger charge is -2.33. The molecule has 6 heteroatoms. The number of alkyl halides is 3. The molecule has 0 bridgehead atoms. The second-order valence-electron chi connectivity index (χ2n) is 5.04. The maximum atomic E-state index is 13.7. The molecule has 1 aromatic rings. The van der Waals surface area contributed by atoms with Crippen LogP contribution in [0.3, 0.4) is 0 Å². The molecule has 20 heavy (non-hydrogen) atoms. The second kappa shape index (κ2) is 5.42. The van der Waals surface area contributed by atoms with Crippen molar-refractivity contribution in [3.63, 3.8) is 0 Å². The molecule has 0 N–H and O–H groups in total. The molecule has 1 unspecified atom stereocenters. The zero-order valence-electron chi connectivity index (χ0n) is 11.0. The fourth-order valence-corrected chi connectivity index (χ4v) is 2.42. The van der Waals surface area contributed by atoms with E-state index in [1.807, 2.05) is 6.92 Å². The summed E-state index contributed by atoms with van der Waals surface area (Å²) < 4.78 is 51.6. The van der Waals surface area contributed by atoms with Crippen molar-refractivity contribution in [3.8, 4) is 0 Å². The standard InChI is InChI=1S/C14H15F4NO/c1-9-4-2-3-7-19(9)13(20)11-8-10(14(16,17)18)5-6-12(11)15/h5-6,8-9H,2-4,7H2,1H3. The van der Waals surface area contributed by atoms with Crippen LogP contribution in [0.1, 0.15) is 42.1 Å². The smallest absolute Gasteiger partial charge is 0.336 e. The zero-order chi connectivity index (χ0) is 14.9. The molecule has 1 aliphatic heterocycles. The summed E-state index contributed by atoms with van der Waals surface area (Å²) in [5.41, 5.74) is -1.51. The maximum Gasteiger partial charge on any atom is 0.416 e. The van der Waals surface area contributed by atoms with Crippen LogP contribution in [0.5, 0.6) is 0 Å². The predicted octanol–water partition coefficient (Wildman–Crippen LogP) is 3.86. The van der Waals surface area contributed by atoms with Crippen LogP contribution in [0.4, 0.5) is 17.6 Å². The van der Waals surface area contributed by atoms with Gasteiger partial charge < -0.3 is 4.90 Å². The Morgan fingerprint density at radius 2 is 2.00 bits per heavy atom. The van der Waals surface area contributed by atoms with Crippen molar-refractivity contribution in [3.05, 3.63) is 35.1 Å². The zero-order valence-corrected chi connectivity index (χ0v) is 11.0. The van der Waals surface area contributed by atoms with E-state index >= 15 is 0 Å². The number of carbonyl (C=O) groups excluding carboxylic acids is 1. The third-order valence-electron chi connectivity index (χ3n) is 3.59. The van der Waals surface area contributed by atoms with Crippen molar-refractivity contribution in [2.45, 2.75) is 38.4 Å². The maximum absolute atomic E-state index is 13.7. The van der Waals surface area contributed by atoms with Gasteiger partial charge in [-0.2, -0.15) is 13.2 Å². The highest BCUT2D eigenvalue weighted by atomic mass is 19.4. The number of carbonyl (C=O) groups is 1. The van der Waals surface area contributed by atoms with E-state index in [0.717, 1.165) is 19.3 Å². The minimum atomic E-state index is -4.59. The van der Waals surface area contributed by atoms with Gasteiger partial charge in [0.15, 0.2) is 0 Å². The quantitative estimate of drug-likeness (QED) is 0.719. The van der Waals surface area contributed by atoms with E-state index < -0.39 is 29.0 Å². The average molecular weight is 289 g/mol. The van der Waals surface area contributed by atoms with Gasteiger partial charge in [-0.1, -0.05) is 0 Å². The van der Waals surface area contributed by atoms with E-state index in [2.05, 4.69) is 0 Å². The monoisotopic (exact) mass is 289 g/mol. The van der Waals surface area contributed by atoms with E-state index in [0.29, 0.717) is 24.7 Å². The molecule has 1 fully saturated rings. The lowest BCUT2D eigenvalue weighted by molar-refractivity contribution is -0.137. The summed E-state index contributed by atoms with van der Waals surface area (Å²) in [5, 5.41) is 0. The average Bonchev–Trinajstić information content (AvgIpc) is 2.37. The van der Waals surface area contributed by atoms with Crippen molar-refractivity contribution in [1.29, 1.82) is 0 Å². The molecular formula is C14H15F4NO. The van der Waals surface area contributed by atoms with Crippen molar-refractivity contribution in [2.24, 2.45) is 0 Å². The molecule has 1 aromatic carbocycles. The third kappa shape index (κ3) is 2.94. The van der Waals surface area contributed by atoms with Crippen LogP contribution in [-0.2, 0) is 6.18 Å². The Morgan fingerprint density at radius 3 is 2.60 bits per heavy atom. The number of hydrogen-bond donors (Lipinski definition) is 0. The van der Waals surface area contributed by atoms with E-state index in [-0.39, 0.29) is 6.04 Å². The van der Waals surface area contributed by atoms with Gasteiger partial charge in [0.25, 0.3) is 5.91 Å². The van der Waals surface area contributed by atoms with Crippen LogP contribution in [0.2, 0.25) is 0 Å². The number of likely N-dealkylation sites (tertiary alicyclic amines) is 1. The van der Waals surface area contributed by atoms with Gasteiger partial charge >= 0.3 is 6.18 Å². The summed E-state index contributed by atoms with van der Waals surface area (Å²) >= 11 is 0. The van der Waals surface area contributed by atoms with Crippen LogP contribution in [0.25, 0.3) is 0 Å². The lowest BCUT2D eigenvalue weighted by atomic mass is 10.0. The minimum Gasteiger partial charge on any atom is -0.336 e. The molecule has 2 nitrogen and oxygen atoms in total. The van der Waals surface area contributed by atoms with E-state index in [1.165, 1.54) is 4.90 Å². The van der Waals surface area contributed by atoms with E-state index in [1.54, 1.807) is 0 Å². The number of benzene rings is 1. The first-order chi connectivity index (χ1) is 9.30. The van der Waals surface area contributed by atoms with E-state index in [4.69, 9.17) is 0 Å². The second-order valence-corrected chi connectivity index (χ2v) is 5.04. The summed E-state index contributed by atoms with van der Waals surface area (Å²) in [7, 11) is 0. The number of halogens is 4. The number of piperidine rings is 1. The Balaban J connectivity index is 2.33. The summed E-state index contributed by atoms with van der Waals surface area (Å²) in [6.07, 6.45) is -2.05. The van der Waals surface area contributed by atoms with Crippen LogP contribution in [0.15, 0.2) is 18.2 Å². The van der Waals surface area contributed by atoms with Crippen LogP contribution < -0.4 is 0 Å². The summed E-state index contributed by atoms with van der Waals surface area (Å²) in [4.78, 5) is 13.7. The molecule has 0 aromatic heterocycles. The summed E-state index contributed by atoms with van der Waals surface area (Å²) in [5.74, 6) is -1.58. The van der Waals surface area contributed by atoms with E-state index in [9.17, 15) is 22.4 Å². The molecule has 1 atom stereocenters. The normalized spacial score (nSPS) is 20.1. The fraction of sp³-hybridized carbons (Fsp3) is 0.500. The Labute approximate surface area is 114 Å². The Morgan fingerprint density at radius 1 is 1.30 bits per heavy atom. The SMILES string of the molecule is CC1CCCCN1C(=O)c1cc(C(F)(F)F)ccc1F. The molecule has 1 aliphatic rings. The first-order valence-electron chi connectivity index (χ1n) is 6.48. The molecule has 1 saturated heterocycles. The Hall–Kier alpha value is -1.59. The molecule has 2 rings (SSSR count). The van der Waals surface area contributed by atoms with Gasteiger partial charge in [-0.05, 0) is 44.4 Å². The highest BCUT2D eigenvalue weighted by molar-refractivity contribution is 5.95. The molecule has 1 amide bonds. The van der Waals surface area contributed by atoms with Gasteiger partial charge in [-0.25, -0.2) is 4.39 Å². The molecule has 0 saturated carbocycles. The van der Waals surface area contributed by atoms with Gasteiger partial charge in [0.2, 0.25) is 0 Å². The number of rotatable bonds is 1. The Kier molecular flexibility index (Phi) is 4.01.